The number of rotatable bonds is 5. The lowest BCUT2D eigenvalue weighted by Crippen LogP contribution is -2.04. The Bertz CT molecular complexity index is 413. The summed E-state index contributed by atoms with van der Waals surface area (Å²) in [6.45, 7) is 6.05. The van der Waals surface area contributed by atoms with Crippen LogP contribution in [0.4, 0.5) is 0 Å². The van der Waals surface area contributed by atoms with E-state index in [0.29, 0.717) is 23.8 Å². The average molecular weight is 241 g/mol. The highest BCUT2D eigenvalue weighted by Crippen LogP contribution is 2.23. The van der Waals surface area contributed by atoms with E-state index in [1.54, 1.807) is 12.1 Å². The summed E-state index contributed by atoms with van der Waals surface area (Å²) in [6, 6.07) is 4.54. The first-order valence-electron chi connectivity index (χ1n) is 4.80. The van der Waals surface area contributed by atoms with E-state index in [2.05, 4.69) is 6.58 Å². The fourth-order valence-corrected chi connectivity index (χ4v) is 1.30. The molecule has 0 bridgehead atoms. The van der Waals surface area contributed by atoms with Crippen LogP contribution in [0.5, 0.6) is 5.75 Å². The van der Waals surface area contributed by atoms with Crippen LogP contribution in [0.2, 0.25) is 5.02 Å². The zero-order chi connectivity index (χ0) is 12.1. The quantitative estimate of drug-likeness (QED) is 0.803. The van der Waals surface area contributed by atoms with Gasteiger partial charge in [-0.2, -0.15) is 0 Å². The maximum atomic E-state index is 10.9. The number of aromatic carboxylic acids is 1. The summed E-state index contributed by atoms with van der Waals surface area (Å²) in [7, 11) is 0. The lowest BCUT2D eigenvalue weighted by Gasteiger charge is -2.09. The average Bonchev–Trinajstić information content (AvgIpc) is 2.19. The second kappa shape index (κ2) is 5.56. The summed E-state index contributed by atoms with van der Waals surface area (Å²) in [4.78, 5) is 10.9. The van der Waals surface area contributed by atoms with Crippen LogP contribution in [0.1, 0.15) is 23.7 Å². The highest BCUT2D eigenvalue weighted by molar-refractivity contribution is 6.31. The smallest absolute Gasteiger partial charge is 0.339 e. The van der Waals surface area contributed by atoms with Crippen molar-refractivity contribution in [2.45, 2.75) is 13.3 Å². The molecule has 0 heterocycles. The van der Waals surface area contributed by atoms with Crippen LogP contribution in [-0.4, -0.2) is 17.7 Å². The highest BCUT2D eigenvalue weighted by Gasteiger charge is 2.11. The van der Waals surface area contributed by atoms with Crippen molar-refractivity contribution in [1.29, 1.82) is 0 Å². The van der Waals surface area contributed by atoms with Crippen LogP contribution in [0, 0.1) is 0 Å². The van der Waals surface area contributed by atoms with Gasteiger partial charge in [-0.15, -0.1) is 6.58 Å². The summed E-state index contributed by atoms with van der Waals surface area (Å²) in [5, 5.41) is 9.32. The molecule has 1 rings (SSSR count). The second-order valence-electron chi connectivity index (χ2n) is 3.50. The SMILES string of the molecule is C=C(C)CCOc1ccc(Cl)cc1C(=O)O. The van der Waals surface area contributed by atoms with Crippen LogP contribution < -0.4 is 4.74 Å². The van der Waals surface area contributed by atoms with Crippen molar-refractivity contribution in [2.75, 3.05) is 6.61 Å². The van der Waals surface area contributed by atoms with Crippen LogP contribution in [0.15, 0.2) is 30.4 Å². The van der Waals surface area contributed by atoms with E-state index in [0.717, 1.165) is 5.57 Å². The number of hydrogen-bond acceptors (Lipinski definition) is 2. The third-order valence-electron chi connectivity index (χ3n) is 1.96. The van der Waals surface area contributed by atoms with Gasteiger partial charge in [0.05, 0.1) is 6.61 Å². The van der Waals surface area contributed by atoms with E-state index in [9.17, 15) is 4.79 Å². The molecular formula is C12H13ClO3. The third kappa shape index (κ3) is 3.59. The van der Waals surface area contributed by atoms with E-state index in [-0.39, 0.29) is 5.56 Å². The van der Waals surface area contributed by atoms with Crippen molar-refractivity contribution in [3.05, 3.63) is 40.9 Å². The second-order valence-corrected chi connectivity index (χ2v) is 3.94. The molecule has 4 heteroatoms. The van der Waals surface area contributed by atoms with Gasteiger partial charge in [0.2, 0.25) is 0 Å². The van der Waals surface area contributed by atoms with Crippen molar-refractivity contribution in [3.8, 4) is 5.75 Å². The van der Waals surface area contributed by atoms with Crippen LogP contribution in [0.25, 0.3) is 0 Å². The number of carboxylic acids is 1. The van der Waals surface area contributed by atoms with Gasteiger partial charge in [-0.05, 0) is 25.1 Å². The first-order valence-corrected chi connectivity index (χ1v) is 5.18. The lowest BCUT2D eigenvalue weighted by atomic mass is 10.2. The van der Waals surface area contributed by atoms with Gasteiger partial charge in [0.1, 0.15) is 11.3 Å². The van der Waals surface area contributed by atoms with Crippen LogP contribution in [-0.2, 0) is 0 Å². The Morgan fingerprint density at radius 3 is 2.81 bits per heavy atom. The minimum absolute atomic E-state index is 0.0780. The molecule has 0 unspecified atom stereocenters. The Balaban J connectivity index is 2.78. The number of ether oxygens (including phenoxy) is 1. The molecule has 3 nitrogen and oxygen atoms in total. The maximum Gasteiger partial charge on any atom is 0.339 e. The summed E-state index contributed by atoms with van der Waals surface area (Å²) < 4.78 is 5.36. The molecule has 0 aliphatic rings. The summed E-state index contributed by atoms with van der Waals surface area (Å²) in [5.74, 6) is -0.717. The molecular weight excluding hydrogens is 228 g/mol. The predicted molar refractivity (Wildman–Crippen MR) is 63.3 cm³/mol. The molecule has 0 spiro atoms. The third-order valence-corrected chi connectivity index (χ3v) is 2.19. The normalized spacial score (nSPS) is 9.88. The standard InChI is InChI=1S/C12H13ClO3/c1-8(2)5-6-16-11-4-3-9(13)7-10(11)12(14)15/h3-4,7H,1,5-6H2,2H3,(H,14,15). The molecule has 1 aromatic carbocycles. The maximum absolute atomic E-state index is 10.9. The number of hydrogen-bond donors (Lipinski definition) is 1. The molecule has 0 saturated heterocycles. The minimum atomic E-state index is -1.05. The number of halogens is 1. The Kier molecular flexibility index (Phi) is 4.38. The monoisotopic (exact) mass is 240 g/mol. The molecule has 1 N–H and O–H groups in total. The zero-order valence-corrected chi connectivity index (χ0v) is 9.75. The lowest BCUT2D eigenvalue weighted by molar-refractivity contribution is 0.0692. The molecule has 0 saturated carbocycles. The van der Waals surface area contributed by atoms with E-state index >= 15 is 0 Å². The van der Waals surface area contributed by atoms with Gasteiger partial charge >= 0.3 is 5.97 Å². The molecule has 0 amide bonds. The van der Waals surface area contributed by atoms with Crippen molar-refractivity contribution < 1.29 is 14.6 Å². The van der Waals surface area contributed by atoms with Gasteiger partial charge in [-0.1, -0.05) is 17.2 Å². The molecule has 0 radical (unpaired) electrons. The number of carboxylic acid groups (broad SMARTS) is 1. The summed E-state index contributed by atoms with van der Waals surface area (Å²) >= 11 is 5.71. The van der Waals surface area contributed by atoms with E-state index in [1.165, 1.54) is 6.07 Å². The van der Waals surface area contributed by atoms with Crippen molar-refractivity contribution >= 4 is 17.6 Å². The Morgan fingerprint density at radius 1 is 1.56 bits per heavy atom. The number of carbonyl (C=O) groups is 1. The molecule has 1 aromatic rings. The van der Waals surface area contributed by atoms with Crippen LogP contribution in [0.3, 0.4) is 0 Å². The topological polar surface area (TPSA) is 46.5 Å². The van der Waals surface area contributed by atoms with Gasteiger partial charge in [-0.3, -0.25) is 0 Å². The molecule has 0 aromatic heterocycles. The van der Waals surface area contributed by atoms with E-state index < -0.39 is 5.97 Å². The first-order chi connectivity index (χ1) is 7.50. The number of benzene rings is 1. The van der Waals surface area contributed by atoms with Crippen molar-refractivity contribution in [2.24, 2.45) is 0 Å². The van der Waals surface area contributed by atoms with Crippen LogP contribution >= 0.6 is 11.6 Å². The highest BCUT2D eigenvalue weighted by atomic mass is 35.5. The van der Waals surface area contributed by atoms with Gasteiger partial charge in [0.25, 0.3) is 0 Å². The molecule has 0 atom stereocenters. The van der Waals surface area contributed by atoms with Gasteiger partial charge in [0.15, 0.2) is 0 Å². The zero-order valence-electron chi connectivity index (χ0n) is 9.00. The minimum Gasteiger partial charge on any atom is -0.492 e. The Hall–Kier alpha value is -1.48. The van der Waals surface area contributed by atoms with E-state index in [1.807, 2.05) is 6.92 Å². The van der Waals surface area contributed by atoms with E-state index in [4.69, 9.17) is 21.4 Å². The Labute approximate surface area is 99.3 Å². The molecule has 16 heavy (non-hydrogen) atoms. The largest absolute Gasteiger partial charge is 0.492 e. The van der Waals surface area contributed by atoms with Gasteiger partial charge in [-0.25, -0.2) is 4.79 Å². The summed E-state index contributed by atoms with van der Waals surface area (Å²) in [5.41, 5.74) is 1.07. The van der Waals surface area contributed by atoms with Gasteiger partial charge in [0, 0.05) is 11.4 Å². The fourth-order valence-electron chi connectivity index (χ4n) is 1.13. The molecule has 0 aliphatic carbocycles. The van der Waals surface area contributed by atoms with Crippen molar-refractivity contribution in [1.82, 2.24) is 0 Å². The Morgan fingerprint density at radius 2 is 2.25 bits per heavy atom. The molecule has 0 fully saturated rings. The molecule has 86 valence electrons. The molecule has 0 aliphatic heterocycles. The fraction of sp³-hybridized carbons (Fsp3) is 0.250. The van der Waals surface area contributed by atoms with Crippen molar-refractivity contribution in [3.63, 3.8) is 0 Å². The van der Waals surface area contributed by atoms with Gasteiger partial charge < -0.3 is 9.84 Å². The predicted octanol–water partition coefficient (Wildman–Crippen LogP) is 3.38. The summed E-state index contributed by atoms with van der Waals surface area (Å²) in [6.07, 6.45) is 0.696. The first kappa shape index (κ1) is 12.6.